The molecule has 1 aromatic carbocycles. The highest BCUT2D eigenvalue weighted by Gasteiger charge is 2.23. The monoisotopic (exact) mass is 277 g/mol. The van der Waals surface area contributed by atoms with Gasteiger partial charge in [0.25, 0.3) is 0 Å². The summed E-state index contributed by atoms with van der Waals surface area (Å²) in [6.45, 7) is 2.82. The van der Waals surface area contributed by atoms with E-state index in [1.54, 1.807) is 12.1 Å². The number of carbonyl (C=O) groups is 1. The fourth-order valence-electron chi connectivity index (χ4n) is 2.87. The smallest absolute Gasteiger partial charge is 0.328 e. The maximum Gasteiger partial charge on any atom is 0.328 e. The number of nitrogens with zero attached hydrogens (tertiary/aromatic N) is 1. The Balaban J connectivity index is 2.21. The van der Waals surface area contributed by atoms with Crippen LogP contribution in [0.2, 0.25) is 0 Å². The van der Waals surface area contributed by atoms with Gasteiger partial charge in [0.1, 0.15) is 5.82 Å². The molecule has 0 heterocycles. The van der Waals surface area contributed by atoms with Crippen LogP contribution in [0.1, 0.15) is 38.2 Å². The van der Waals surface area contributed by atoms with Gasteiger partial charge in [0.15, 0.2) is 0 Å². The van der Waals surface area contributed by atoms with Crippen molar-refractivity contribution in [2.24, 2.45) is 0 Å². The zero-order chi connectivity index (χ0) is 14.5. The average Bonchev–Trinajstić information content (AvgIpc) is 2.93. The summed E-state index contributed by atoms with van der Waals surface area (Å²) in [7, 11) is 0. The van der Waals surface area contributed by atoms with Gasteiger partial charge in [-0.05, 0) is 43.5 Å². The van der Waals surface area contributed by atoms with Crippen LogP contribution < -0.4 is 4.90 Å². The minimum absolute atomic E-state index is 0.286. The number of rotatable bonds is 5. The fourth-order valence-corrected chi connectivity index (χ4v) is 2.87. The molecule has 0 amide bonds. The van der Waals surface area contributed by atoms with E-state index in [0.717, 1.165) is 25.5 Å². The lowest BCUT2D eigenvalue weighted by Crippen LogP contribution is -2.33. The van der Waals surface area contributed by atoms with Gasteiger partial charge in [-0.15, -0.1) is 0 Å². The number of carboxylic acid groups (broad SMARTS) is 1. The average molecular weight is 277 g/mol. The molecule has 0 spiro atoms. The van der Waals surface area contributed by atoms with E-state index in [0.29, 0.717) is 17.3 Å². The van der Waals surface area contributed by atoms with Crippen molar-refractivity contribution in [1.82, 2.24) is 0 Å². The third kappa shape index (κ3) is 3.38. The van der Waals surface area contributed by atoms with Crippen molar-refractivity contribution in [3.8, 4) is 0 Å². The second-order valence-electron chi connectivity index (χ2n) is 5.11. The van der Waals surface area contributed by atoms with E-state index in [1.807, 2.05) is 6.92 Å². The lowest BCUT2D eigenvalue weighted by Gasteiger charge is -2.30. The van der Waals surface area contributed by atoms with Crippen molar-refractivity contribution in [3.05, 3.63) is 35.7 Å². The van der Waals surface area contributed by atoms with Crippen LogP contribution in [0.4, 0.5) is 10.1 Å². The summed E-state index contributed by atoms with van der Waals surface area (Å²) >= 11 is 0. The summed E-state index contributed by atoms with van der Waals surface area (Å²) in [5.74, 6) is -1.32. The Morgan fingerprint density at radius 3 is 2.70 bits per heavy atom. The molecule has 2 rings (SSSR count). The van der Waals surface area contributed by atoms with E-state index < -0.39 is 5.97 Å². The minimum Gasteiger partial charge on any atom is -0.478 e. The number of carboxylic acids is 1. The first-order valence-corrected chi connectivity index (χ1v) is 7.09. The molecule has 1 aromatic rings. The van der Waals surface area contributed by atoms with Gasteiger partial charge in [0.05, 0.1) is 5.69 Å². The first-order valence-electron chi connectivity index (χ1n) is 7.09. The number of aliphatic carboxylic acids is 1. The van der Waals surface area contributed by atoms with Gasteiger partial charge in [0, 0.05) is 18.7 Å². The first-order chi connectivity index (χ1) is 9.61. The molecule has 1 saturated carbocycles. The Kier molecular flexibility index (Phi) is 4.77. The summed E-state index contributed by atoms with van der Waals surface area (Å²) in [6.07, 6.45) is 7.08. The molecule has 0 aliphatic heterocycles. The third-order valence-electron chi connectivity index (χ3n) is 3.81. The number of hydrogen-bond acceptors (Lipinski definition) is 2. The molecule has 0 unspecified atom stereocenters. The van der Waals surface area contributed by atoms with Crippen LogP contribution in [0.5, 0.6) is 0 Å². The molecule has 1 N–H and O–H groups in total. The molecule has 1 aliphatic carbocycles. The first kappa shape index (κ1) is 14.6. The molecular weight excluding hydrogens is 257 g/mol. The molecule has 0 atom stereocenters. The molecule has 20 heavy (non-hydrogen) atoms. The molecule has 0 saturated heterocycles. The Labute approximate surface area is 118 Å². The molecule has 1 fully saturated rings. The van der Waals surface area contributed by atoms with Gasteiger partial charge in [-0.1, -0.05) is 18.9 Å². The van der Waals surface area contributed by atoms with E-state index in [4.69, 9.17) is 5.11 Å². The predicted octanol–water partition coefficient (Wildman–Crippen LogP) is 3.69. The lowest BCUT2D eigenvalue weighted by molar-refractivity contribution is -0.131. The van der Waals surface area contributed by atoms with E-state index in [9.17, 15) is 9.18 Å². The molecule has 1 aliphatic rings. The molecular formula is C16H20FNO2. The second-order valence-corrected chi connectivity index (χ2v) is 5.11. The van der Waals surface area contributed by atoms with Crippen molar-refractivity contribution >= 4 is 17.7 Å². The van der Waals surface area contributed by atoms with Crippen LogP contribution in [0.25, 0.3) is 6.08 Å². The van der Waals surface area contributed by atoms with Crippen LogP contribution in [-0.4, -0.2) is 23.7 Å². The zero-order valence-corrected chi connectivity index (χ0v) is 11.7. The Hall–Kier alpha value is -1.84. The van der Waals surface area contributed by atoms with Crippen molar-refractivity contribution in [1.29, 1.82) is 0 Å². The van der Waals surface area contributed by atoms with Crippen LogP contribution in [0.15, 0.2) is 24.3 Å². The third-order valence-corrected chi connectivity index (χ3v) is 3.81. The van der Waals surface area contributed by atoms with Crippen molar-refractivity contribution in [2.75, 3.05) is 11.4 Å². The van der Waals surface area contributed by atoms with E-state index in [-0.39, 0.29) is 5.82 Å². The van der Waals surface area contributed by atoms with Crippen LogP contribution in [0, 0.1) is 5.82 Å². The Morgan fingerprint density at radius 2 is 2.15 bits per heavy atom. The van der Waals surface area contributed by atoms with Crippen molar-refractivity contribution in [2.45, 2.75) is 38.6 Å². The number of benzene rings is 1. The molecule has 108 valence electrons. The van der Waals surface area contributed by atoms with Gasteiger partial charge >= 0.3 is 5.97 Å². The minimum atomic E-state index is -1.03. The van der Waals surface area contributed by atoms with Crippen LogP contribution >= 0.6 is 0 Å². The Bertz CT molecular complexity index is 507. The van der Waals surface area contributed by atoms with Crippen molar-refractivity contribution < 1.29 is 14.3 Å². The summed E-state index contributed by atoms with van der Waals surface area (Å²) in [5, 5.41) is 8.58. The highest BCUT2D eigenvalue weighted by molar-refractivity contribution is 5.85. The largest absolute Gasteiger partial charge is 0.478 e. The van der Waals surface area contributed by atoms with E-state index in [2.05, 4.69) is 4.90 Å². The highest BCUT2D eigenvalue weighted by Crippen LogP contribution is 2.30. The summed E-state index contributed by atoms with van der Waals surface area (Å²) in [5.41, 5.74) is 1.18. The molecule has 4 heteroatoms. The summed E-state index contributed by atoms with van der Waals surface area (Å²) in [4.78, 5) is 12.6. The predicted molar refractivity (Wildman–Crippen MR) is 78.3 cm³/mol. The molecule has 3 nitrogen and oxygen atoms in total. The van der Waals surface area contributed by atoms with Crippen molar-refractivity contribution in [3.63, 3.8) is 0 Å². The standard InChI is InChI=1S/C16H20FNO2/c1-2-18(13-5-3-4-6-13)15-9-7-12(11-14(15)17)8-10-16(19)20/h7-11,13H,2-6H2,1H3,(H,19,20)/b10-8+. The number of halogens is 1. The number of hydrogen-bond donors (Lipinski definition) is 1. The SMILES string of the molecule is CCN(c1ccc(/C=C/C(=O)O)cc1F)C1CCCC1. The lowest BCUT2D eigenvalue weighted by atomic mass is 10.1. The van der Waals surface area contributed by atoms with Crippen LogP contribution in [-0.2, 0) is 4.79 Å². The van der Waals surface area contributed by atoms with Gasteiger partial charge in [-0.3, -0.25) is 0 Å². The van der Waals surface area contributed by atoms with E-state index >= 15 is 0 Å². The quantitative estimate of drug-likeness (QED) is 0.834. The van der Waals surface area contributed by atoms with Gasteiger partial charge in [-0.25, -0.2) is 9.18 Å². The maximum atomic E-state index is 14.2. The topological polar surface area (TPSA) is 40.5 Å². The van der Waals surface area contributed by atoms with Gasteiger partial charge < -0.3 is 10.0 Å². The van der Waals surface area contributed by atoms with Crippen LogP contribution in [0.3, 0.4) is 0 Å². The zero-order valence-electron chi connectivity index (χ0n) is 11.7. The number of anilines is 1. The van der Waals surface area contributed by atoms with Gasteiger partial charge in [-0.2, -0.15) is 0 Å². The molecule has 0 aromatic heterocycles. The molecule has 0 radical (unpaired) electrons. The van der Waals surface area contributed by atoms with Gasteiger partial charge in [0.2, 0.25) is 0 Å². The Morgan fingerprint density at radius 1 is 1.45 bits per heavy atom. The normalized spacial score (nSPS) is 15.9. The maximum absolute atomic E-state index is 14.2. The summed E-state index contributed by atoms with van der Waals surface area (Å²) in [6, 6.07) is 5.33. The van der Waals surface area contributed by atoms with E-state index in [1.165, 1.54) is 25.0 Å². The fraction of sp³-hybridized carbons (Fsp3) is 0.438. The second kappa shape index (κ2) is 6.55. The molecule has 0 bridgehead atoms. The summed E-state index contributed by atoms with van der Waals surface area (Å²) < 4.78 is 14.2. The highest BCUT2D eigenvalue weighted by atomic mass is 19.1.